The molecule has 0 saturated heterocycles. The standard InChI is InChI=1S/C4H10O4S/c1-2-3-7-4-8-9(5)6/h9H,2-4H2,1H3. The predicted octanol–water partition coefficient (Wildman–Crippen LogP) is -0.0865. The van der Waals surface area contributed by atoms with Gasteiger partial charge in [0.05, 0.1) is 0 Å². The first-order valence-electron chi connectivity index (χ1n) is 2.62. The second-order valence-corrected chi connectivity index (χ2v) is 2.08. The first kappa shape index (κ1) is 8.87. The fourth-order valence-electron chi connectivity index (χ4n) is 0.284. The first-order valence-corrected chi connectivity index (χ1v) is 3.72. The van der Waals surface area contributed by atoms with Crippen LogP contribution in [-0.2, 0) is 19.9 Å². The van der Waals surface area contributed by atoms with Crippen molar-refractivity contribution in [2.75, 3.05) is 13.4 Å². The number of thiol groups is 1. The van der Waals surface area contributed by atoms with Crippen LogP contribution in [0.4, 0.5) is 0 Å². The molecule has 0 fully saturated rings. The summed E-state index contributed by atoms with van der Waals surface area (Å²) >= 11 is 0. The normalized spacial score (nSPS) is 10.4. The minimum Gasteiger partial charge on any atom is -0.354 e. The van der Waals surface area contributed by atoms with Crippen LogP contribution in [0.3, 0.4) is 0 Å². The summed E-state index contributed by atoms with van der Waals surface area (Å²) in [7, 11) is -2.74. The van der Waals surface area contributed by atoms with Gasteiger partial charge in [-0.1, -0.05) is 6.92 Å². The number of ether oxygens (including phenoxy) is 1. The van der Waals surface area contributed by atoms with Crippen LogP contribution in [0, 0.1) is 0 Å². The minimum atomic E-state index is -2.74. The monoisotopic (exact) mass is 154 g/mol. The fourth-order valence-corrected chi connectivity index (χ4v) is 0.444. The van der Waals surface area contributed by atoms with Crippen molar-refractivity contribution in [3.63, 3.8) is 0 Å². The van der Waals surface area contributed by atoms with Gasteiger partial charge >= 0.3 is 0 Å². The van der Waals surface area contributed by atoms with E-state index in [1.807, 2.05) is 6.92 Å². The average molecular weight is 154 g/mol. The summed E-state index contributed by atoms with van der Waals surface area (Å²) in [6.07, 6.45) is 0.860. The average Bonchev–Trinajstić information content (AvgIpc) is 1.80. The third-order valence-corrected chi connectivity index (χ3v) is 0.906. The van der Waals surface area contributed by atoms with Gasteiger partial charge in [-0.15, -0.1) is 0 Å². The van der Waals surface area contributed by atoms with Gasteiger partial charge in [-0.05, 0) is 6.42 Å². The van der Waals surface area contributed by atoms with E-state index in [0.717, 1.165) is 6.42 Å². The van der Waals surface area contributed by atoms with Crippen molar-refractivity contribution in [3.05, 3.63) is 0 Å². The summed E-state index contributed by atoms with van der Waals surface area (Å²) in [5.74, 6) is 0. The van der Waals surface area contributed by atoms with Crippen molar-refractivity contribution in [1.29, 1.82) is 0 Å². The fraction of sp³-hybridized carbons (Fsp3) is 1.00. The van der Waals surface area contributed by atoms with Crippen molar-refractivity contribution in [2.24, 2.45) is 0 Å². The SMILES string of the molecule is CCCOCO[SH](=O)=O. The molecule has 0 heterocycles. The summed E-state index contributed by atoms with van der Waals surface area (Å²) in [5.41, 5.74) is 0. The maximum atomic E-state index is 9.70. The number of hydrogen-bond acceptors (Lipinski definition) is 4. The van der Waals surface area contributed by atoms with E-state index in [9.17, 15) is 8.42 Å². The Hall–Kier alpha value is -0.130. The Bertz CT molecular complexity index is 112. The molecule has 0 aliphatic heterocycles. The molecule has 0 spiro atoms. The molecule has 5 heteroatoms. The van der Waals surface area contributed by atoms with Crippen molar-refractivity contribution in [3.8, 4) is 0 Å². The molecular formula is C4H10O4S. The van der Waals surface area contributed by atoms with Gasteiger partial charge in [-0.25, -0.2) is 12.6 Å². The lowest BCUT2D eigenvalue weighted by molar-refractivity contribution is 0.0228. The lowest BCUT2D eigenvalue weighted by atomic mass is 10.5. The van der Waals surface area contributed by atoms with E-state index in [4.69, 9.17) is 0 Å². The van der Waals surface area contributed by atoms with Crippen LogP contribution >= 0.6 is 0 Å². The molecule has 0 N–H and O–H groups in total. The highest BCUT2D eigenvalue weighted by atomic mass is 32.2. The van der Waals surface area contributed by atoms with Gasteiger partial charge < -0.3 is 4.74 Å². The topological polar surface area (TPSA) is 52.6 Å². The molecule has 4 nitrogen and oxygen atoms in total. The molecule has 0 atom stereocenters. The maximum absolute atomic E-state index is 9.70. The van der Waals surface area contributed by atoms with E-state index in [1.54, 1.807) is 0 Å². The molecule has 0 bridgehead atoms. The molecule has 0 aromatic carbocycles. The molecule has 0 aromatic rings. The third kappa shape index (κ3) is 7.87. The number of rotatable bonds is 5. The Labute approximate surface area is 55.9 Å². The lowest BCUT2D eigenvalue weighted by Crippen LogP contribution is -1.98. The third-order valence-electron chi connectivity index (χ3n) is 0.590. The molecule has 0 unspecified atom stereocenters. The quantitative estimate of drug-likeness (QED) is 0.341. The van der Waals surface area contributed by atoms with E-state index in [-0.39, 0.29) is 6.79 Å². The van der Waals surface area contributed by atoms with Crippen molar-refractivity contribution in [1.82, 2.24) is 0 Å². The van der Waals surface area contributed by atoms with Gasteiger partial charge in [-0.2, -0.15) is 0 Å². The van der Waals surface area contributed by atoms with E-state index < -0.39 is 11.0 Å². The van der Waals surface area contributed by atoms with Gasteiger partial charge in [0.25, 0.3) is 11.0 Å². The zero-order valence-corrected chi connectivity index (χ0v) is 6.10. The molecule has 56 valence electrons. The Morgan fingerprint density at radius 2 is 2.11 bits per heavy atom. The molecule has 9 heavy (non-hydrogen) atoms. The summed E-state index contributed by atoms with van der Waals surface area (Å²) in [4.78, 5) is 0. The first-order chi connectivity index (χ1) is 4.27. The lowest BCUT2D eigenvalue weighted by Gasteiger charge is -1.95. The van der Waals surface area contributed by atoms with Gasteiger partial charge in [0.1, 0.15) is 0 Å². The summed E-state index contributed by atoms with van der Waals surface area (Å²) in [5, 5.41) is 0. The zero-order chi connectivity index (χ0) is 7.11. The van der Waals surface area contributed by atoms with Crippen LogP contribution in [0.1, 0.15) is 13.3 Å². The highest BCUT2D eigenvalue weighted by Gasteiger charge is 1.84. The van der Waals surface area contributed by atoms with Crippen LogP contribution in [0.5, 0.6) is 0 Å². The second kappa shape index (κ2) is 6.00. The molecular weight excluding hydrogens is 144 g/mol. The minimum absolute atomic E-state index is 0.160. The van der Waals surface area contributed by atoms with Crippen LogP contribution in [0.2, 0.25) is 0 Å². The predicted molar refractivity (Wildman–Crippen MR) is 32.5 cm³/mol. The van der Waals surface area contributed by atoms with Crippen molar-refractivity contribution in [2.45, 2.75) is 13.3 Å². The van der Waals surface area contributed by atoms with Gasteiger partial charge in [0.15, 0.2) is 6.79 Å². The summed E-state index contributed by atoms with van der Waals surface area (Å²) in [6, 6.07) is 0. The highest BCUT2D eigenvalue weighted by molar-refractivity contribution is 7.67. The largest absolute Gasteiger partial charge is 0.354 e. The van der Waals surface area contributed by atoms with Gasteiger partial charge in [-0.3, -0.25) is 0 Å². The smallest absolute Gasteiger partial charge is 0.259 e. The Morgan fingerprint density at radius 1 is 1.44 bits per heavy atom. The summed E-state index contributed by atoms with van der Waals surface area (Å²) in [6.45, 7) is 2.30. The molecule has 0 amide bonds. The Morgan fingerprint density at radius 3 is 2.56 bits per heavy atom. The van der Waals surface area contributed by atoms with Crippen LogP contribution in [0.15, 0.2) is 0 Å². The molecule has 0 saturated carbocycles. The zero-order valence-electron chi connectivity index (χ0n) is 5.20. The molecule has 0 radical (unpaired) electrons. The second-order valence-electron chi connectivity index (χ2n) is 1.38. The van der Waals surface area contributed by atoms with Crippen molar-refractivity contribution >= 4 is 11.0 Å². The van der Waals surface area contributed by atoms with Gasteiger partial charge in [0.2, 0.25) is 0 Å². The van der Waals surface area contributed by atoms with E-state index in [1.165, 1.54) is 0 Å². The maximum Gasteiger partial charge on any atom is 0.259 e. The van der Waals surface area contributed by atoms with E-state index in [2.05, 4.69) is 8.92 Å². The molecule has 0 aliphatic rings. The van der Waals surface area contributed by atoms with Crippen LogP contribution in [-0.4, -0.2) is 21.8 Å². The molecule has 0 aliphatic carbocycles. The van der Waals surface area contributed by atoms with E-state index in [0.29, 0.717) is 6.61 Å². The van der Waals surface area contributed by atoms with Gasteiger partial charge in [0, 0.05) is 6.61 Å². The molecule has 0 aromatic heterocycles. The molecule has 0 rings (SSSR count). The highest BCUT2D eigenvalue weighted by Crippen LogP contribution is 1.80. The van der Waals surface area contributed by atoms with Crippen LogP contribution in [0.25, 0.3) is 0 Å². The Balaban J connectivity index is 2.92. The summed E-state index contributed by atoms with van der Waals surface area (Å²) < 4.78 is 28.2. The van der Waals surface area contributed by atoms with Crippen molar-refractivity contribution < 1.29 is 17.3 Å². The van der Waals surface area contributed by atoms with E-state index >= 15 is 0 Å². The Kier molecular flexibility index (Phi) is 5.91. The number of hydrogen-bond donors (Lipinski definition) is 1. The van der Waals surface area contributed by atoms with Crippen LogP contribution < -0.4 is 0 Å².